The fraction of sp³-hybridized carbons (Fsp3) is 0.417. The minimum absolute atomic E-state index is 0.0204. The summed E-state index contributed by atoms with van der Waals surface area (Å²) in [5.74, 6) is 0. The molecule has 0 amide bonds. The maximum atomic E-state index is 9.23. The molecule has 3 heteroatoms. The predicted molar refractivity (Wildman–Crippen MR) is 60.6 cm³/mol. The van der Waals surface area contributed by atoms with Gasteiger partial charge in [-0.25, -0.2) is 0 Å². The molecule has 0 saturated carbocycles. The van der Waals surface area contributed by atoms with E-state index in [1.54, 1.807) is 0 Å². The van der Waals surface area contributed by atoms with Crippen molar-refractivity contribution in [1.82, 2.24) is 0 Å². The van der Waals surface area contributed by atoms with Crippen molar-refractivity contribution in [3.8, 4) is 6.07 Å². The van der Waals surface area contributed by atoms with Crippen molar-refractivity contribution >= 4 is 5.69 Å². The highest BCUT2D eigenvalue weighted by Gasteiger charge is 2.15. The molecule has 0 saturated heterocycles. The Morgan fingerprint density at radius 2 is 2.07 bits per heavy atom. The molecule has 0 fully saturated rings. The lowest BCUT2D eigenvalue weighted by Gasteiger charge is -2.29. The van der Waals surface area contributed by atoms with Crippen LogP contribution in [0.25, 0.3) is 0 Å². The number of para-hydroxylation sites is 1. The monoisotopic (exact) mass is 204 g/mol. The van der Waals surface area contributed by atoms with Crippen molar-refractivity contribution in [2.24, 2.45) is 0 Å². The van der Waals surface area contributed by atoms with E-state index < -0.39 is 0 Å². The first-order chi connectivity index (χ1) is 7.33. The van der Waals surface area contributed by atoms with E-state index in [0.717, 1.165) is 12.1 Å². The standard InChI is InChI=1S/C12H16N2O/c1-2-11(10-15)14(9-8-13)12-6-4-3-5-7-12/h3-7,11,15H,2,9-10H2,1H3. The van der Waals surface area contributed by atoms with Gasteiger partial charge in [0.1, 0.15) is 6.54 Å². The van der Waals surface area contributed by atoms with Gasteiger partial charge in [0.2, 0.25) is 0 Å². The zero-order valence-corrected chi connectivity index (χ0v) is 8.93. The summed E-state index contributed by atoms with van der Waals surface area (Å²) in [7, 11) is 0. The Bertz CT molecular complexity index is 314. The van der Waals surface area contributed by atoms with E-state index in [1.165, 1.54) is 0 Å². The quantitative estimate of drug-likeness (QED) is 0.744. The molecule has 0 aliphatic rings. The Kier molecular flexibility index (Phi) is 4.65. The fourth-order valence-electron chi connectivity index (χ4n) is 1.57. The molecule has 3 nitrogen and oxygen atoms in total. The highest BCUT2D eigenvalue weighted by atomic mass is 16.3. The second-order valence-electron chi connectivity index (χ2n) is 3.37. The van der Waals surface area contributed by atoms with E-state index in [1.807, 2.05) is 42.2 Å². The number of benzene rings is 1. The van der Waals surface area contributed by atoms with Crippen molar-refractivity contribution in [3.63, 3.8) is 0 Å². The van der Waals surface area contributed by atoms with Gasteiger partial charge in [0.25, 0.3) is 0 Å². The van der Waals surface area contributed by atoms with E-state index in [2.05, 4.69) is 6.07 Å². The molecule has 1 N–H and O–H groups in total. The first kappa shape index (κ1) is 11.5. The van der Waals surface area contributed by atoms with Crippen LogP contribution in [-0.4, -0.2) is 24.3 Å². The van der Waals surface area contributed by atoms with E-state index >= 15 is 0 Å². The Morgan fingerprint density at radius 3 is 2.53 bits per heavy atom. The molecule has 1 aromatic carbocycles. The Morgan fingerprint density at radius 1 is 1.40 bits per heavy atom. The summed E-state index contributed by atoms with van der Waals surface area (Å²) in [6.07, 6.45) is 0.826. The molecule has 0 heterocycles. The topological polar surface area (TPSA) is 47.3 Å². The summed E-state index contributed by atoms with van der Waals surface area (Å²) < 4.78 is 0. The lowest BCUT2D eigenvalue weighted by atomic mass is 10.1. The molecule has 0 radical (unpaired) electrons. The van der Waals surface area contributed by atoms with E-state index in [-0.39, 0.29) is 12.6 Å². The molecule has 0 bridgehead atoms. The van der Waals surface area contributed by atoms with E-state index in [4.69, 9.17) is 5.26 Å². The van der Waals surface area contributed by atoms with Crippen LogP contribution in [0.15, 0.2) is 30.3 Å². The average Bonchev–Trinajstić information content (AvgIpc) is 2.30. The molecule has 1 aromatic rings. The van der Waals surface area contributed by atoms with Crippen LogP contribution in [0.4, 0.5) is 5.69 Å². The van der Waals surface area contributed by atoms with Gasteiger partial charge in [-0.3, -0.25) is 0 Å². The highest BCUT2D eigenvalue weighted by Crippen LogP contribution is 2.17. The number of aliphatic hydroxyl groups is 1. The molecular formula is C12H16N2O. The second-order valence-corrected chi connectivity index (χ2v) is 3.37. The van der Waals surface area contributed by atoms with Crippen LogP contribution in [-0.2, 0) is 0 Å². The predicted octanol–water partition coefficient (Wildman–Crippen LogP) is 1.79. The van der Waals surface area contributed by atoms with E-state index in [9.17, 15) is 5.11 Å². The van der Waals surface area contributed by atoms with Gasteiger partial charge in [-0.2, -0.15) is 5.26 Å². The summed E-state index contributed by atoms with van der Waals surface area (Å²) in [4.78, 5) is 1.93. The van der Waals surface area contributed by atoms with Gasteiger partial charge in [0, 0.05) is 5.69 Å². The minimum Gasteiger partial charge on any atom is -0.394 e. The minimum atomic E-state index is 0.0204. The van der Waals surface area contributed by atoms with Gasteiger partial charge in [0.15, 0.2) is 0 Å². The molecule has 80 valence electrons. The number of nitriles is 1. The maximum absolute atomic E-state index is 9.23. The lowest BCUT2D eigenvalue weighted by Crippen LogP contribution is -2.37. The molecule has 0 aromatic heterocycles. The van der Waals surface area contributed by atoms with Crippen LogP contribution in [0.2, 0.25) is 0 Å². The third-order valence-electron chi connectivity index (χ3n) is 2.45. The normalized spacial score (nSPS) is 11.8. The van der Waals surface area contributed by atoms with Crippen molar-refractivity contribution < 1.29 is 5.11 Å². The molecule has 1 atom stereocenters. The van der Waals surface area contributed by atoms with Crippen molar-refractivity contribution in [2.45, 2.75) is 19.4 Å². The largest absolute Gasteiger partial charge is 0.394 e. The number of rotatable bonds is 5. The molecular weight excluding hydrogens is 188 g/mol. The zero-order valence-electron chi connectivity index (χ0n) is 8.93. The first-order valence-electron chi connectivity index (χ1n) is 5.13. The number of aliphatic hydroxyl groups excluding tert-OH is 1. The second kappa shape index (κ2) is 6.05. The Balaban J connectivity index is 2.88. The van der Waals surface area contributed by atoms with Gasteiger partial charge < -0.3 is 10.0 Å². The number of nitrogens with zero attached hydrogens (tertiary/aromatic N) is 2. The Labute approximate surface area is 90.6 Å². The molecule has 0 spiro atoms. The summed E-state index contributed by atoms with van der Waals surface area (Å²) in [6.45, 7) is 2.39. The molecule has 1 unspecified atom stereocenters. The van der Waals surface area contributed by atoms with Gasteiger partial charge in [-0.15, -0.1) is 0 Å². The number of anilines is 1. The Hall–Kier alpha value is -1.53. The highest BCUT2D eigenvalue weighted by molar-refractivity contribution is 5.48. The van der Waals surface area contributed by atoms with Crippen LogP contribution in [0, 0.1) is 11.3 Å². The van der Waals surface area contributed by atoms with Crippen molar-refractivity contribution in [3.05, 3.63) is 30.3 Å². The number of hydrogen-bond acceptors (Lipinski definition) is 3. The third-order valence-corrected chi connectivity index (χ3v) is 2.45. The van der Waals surface area contributed by atoms with Crippen LogP contribution in [0.5, 0.6) is 0 Å². The molecule has 0 aliphatic carbocycles. The van der Waals surface area contributed by atoms with Crippen LogP contribution < -0.4 is 4.90 Å². The zero-order chi connectivity index (χ0) is 11.1. The summed E-state index contributed by atoms with van der Waals surface area (Å²) >= 11 is 0. The SMILES string of the molecule is CCC(CO)N(CC#N)c1ccccc1. The average molecular weight is 204 g/mol. The van der Waals surface area contributed by atoms with Gasteiger partial charge >= 0.3 is 0 Å². The lowest BCUT2D eigenvalue weighted by molar-refractivity contribution is 0.257. The molecule has 15 heavy (non-hydrogen) atoms. The fourth-order valence-corrected chi connectivity index (χ4v) is 1.57. The van der Waals surface area contributed by atoms with E-state index in [0.29, 0.717) is 6.54 Å². The molecule has 1 rings (SSSR count). The van der Waals surface area contributed by atoms with Gasteiger partial charge in [-0.05, 0) is 18.6 Å². The number of hydrogen-bond donors (Lipinski definition) is 1. The summed E-state index contributed by atoms with van der Waals surface area (Å²) in [6, 6.07) is 11.9. The van der Waals surface area contributed by atoms with Gasteiger partial charge in [-0.1, -0.05) is 25.1 Å². The maximum Gasteiger partial charge on any atom is 0.106 e. The third kappa shape index (κ3) is 2.97. The van der Waals surface area contributed by atoms with Gasteiger partial charge in [0.05, 0.1) is 18.7 Å². The summed E-state index contributed by atoms with van der Waals surface area (Å²) in [5, 5.41) is 18.0. The molecule has 0 aliphatic heterocycles. The summed E-state index contributed by atoms with van der Waals surface area (Å²) in [5.41, 5.74) is 0.986. The van der Waals surface area contributed by atoms with Crippen molar-refractivity contribution in [2.75, 3.05) is 18.1 Å². The van der Waals surface area contributed by atoms with Crippen LogP contribution in [0.1, 0.15) is 13.3 Å². The van der Waals surface area contributed by atoms with Crippen LogP contribution >= 0.6 is 0 Å². The smallest absolute Gasteiger partial charge is 0.106 e. The van der Waals surface area contributed by atoms with Crippen molar-refractivity contribution in [1.29, 1.82) is 5.26 Å². The first-order valence-corrected chi connectivity index (χ1v) is 5.13. The van der Waals surface area contributed by atoms with Crippen LogP contribution in [0.3, 0.4) is 0 Å².